The highest BCUT2D eigenvalue weighted by molar-refractivity contribution is 7.92. The van der Waals surface area contributed by atoms with Gasteiger partial charge in [-0.1, -0.05) is 19.1 Å². The Morgan fingerprint density at radius 1 is 1.08 bits per heavy atom. The van der Waals surface area contributed by atoms with E-state index in [0.717, 1.165) is 18.2 Å². The highest BCUT2D eigenvalue weighted by Gasteiger charge is 2.27. The van der Waals surface area contributed by atoms with E-state index in [-0.39, 0.29) is 50.6 Å². The number of fused-ring (bicyclic) bond motifs is 1. The highest BCUT2D eigenvalue weighted by atomic mass is 32.2. The molecule has 1 N–H and O–H groups in total. The molecule has 2 unspecified atom stereocenters. The average molecular weight is 548 g/mol. The molecule has 2 atom stereocenters. The van der Waals surface area contributed by atoms with Gasteiger partial charge in [0.05, 0.1) is 19.1 Å². The van der Waals surface area contributed by atoms with Gasteiger partial charge in [-0.05, 0) is 56.5 Å². The normalized spacial score (nSPS) is 13.9. The summed E-state index contributed by atoms with van der Waals surface area (Å²) in [7, 11) is -2.04. The molecule has 2 aromatic rings. The predicted molar refractivity (Wildman–Crippen MR) is 145 cm³/mol. The summed E-state index contributed by atoms with van der Waals surface area (Å²) in [5.74, 6) is 1.24. The standard InChI is InChI=1S/C27H37N3O7S/c1-6-19(2)28-27(32)20(3)29(17-21-9-12-23(35-4)13-10-21)26(31)8-7-15-30(38(5,33)34)22-11-14-24-25(16-22)37-18-36-24/h9-14,16,19-20H,6-8,15,17-18H2,1-5H3,(H,28,32). The lowest BCUT2D eigenvalue weighted by molar-refractivity contribution is -0.140. The third-order valence-electron chi connectivity index (χ3n) is 6.48. The van der Waals surface area contributed by atoms with Crippen LogP contribution in [0.5, 0.6) is 17.2 Å². The molecule has 0 aromatic heterocycles. The predicted octanol–water partition coefficient (Wildman–Crippen LogP) is 3.30. The van der Waals surface area contributed by atoms with Crippen molar-refractivity contribution in [2.24, 2.45) is 0 Å². The Hall–Kier alpha value is -3.47. The number of carbonyl (C=O) groups excluding carboxylic acids is 2. The fourth-order valence-electron chi connectivity index (χ4n) is 4.02. The van der Waals surface area contributed by atoms with Crippen LogP contribution < -0.4 is 23.8 Å². The molecule has 1 aliphatic heterocycles. The van der Waals surface area contributed by atoms with Crippen LogP contribution in [0, 0.1) is 0 Å². The van der Waals surface area contributed by atoms with Gasteiger partial charge in [0, 0.05) is 31.6 Å². The van der Waals surface area contributed by atoms with Gasteiger partial charge in [0.15, 0.2) is 11.5 Å². The van der Waals surface area contributed by atoms with Crippen LogP contribution in [0.25, 0.3) is 0 Å². The number of amides is 2. The maximum Gasteiger partial charge on any atom is 0.242 e. The average Bonchev–Trinajstić information content (AvgIpc) is 3.36. The molecule has 3 rings (SSSR count). The number of carbonyl (C=O) groups is 2. The molecule has 1 aliphatic rings. The van der Waals surface area contributed by atoms with E-state index in [9.17, 15) is 18.0 Å². The summed E-state index contributed by atoms with van der Waals surface area (Å²) in [6.07, 6.45) is 2.22. The third-order valence-corrected chi connectivity index (χ3v) is 7.67. The van der Waals surface area contributed by atoms with Gasteiger partial charge >= 0.3 is 0 Å². The molecule has 2 amide bonds. The third kappa shape index (κ3) is 7.53. The lowest BCUT2D eigenvalue weighted by Gasteiger charge is -2.30. The van der Waals surface area contributed by atoms with Gasteiger partial charge in [-0.25, -0.2) is 8.42 Å². The molecule has 10 nitrogen and oxygen atoms in total. The van der Waals surface area contributed by atoms with Gasteiger partial charge in [-0.3, -0.25) is 13.9 Å². The molecule has 0 spiro atoms. The molecule has 208 valence electrons. The van der Waals surface area contributed by atoms with E-state index in [4.69, 9.17) is 14.2 Å². The van der Waals surface area contributed by atoms with Crippen molar-refractivity contribution in [1.82, 2.24) is 10.2 Å². The van der Waals surface area contributed by atoms with E-state index in [2.05, 4.69) is 5.32 Å². The lowest BCUT2D eigenvalue weighted by Crippen LogP contribution is -2.49. The van der Waals surface area contributed by atoms with Crippen LogP contribution in [0.1, 0.15) is 45.6 Å². The van der Waals surface area contributed by atoms with Crippen molar-refractivity contribution >= 4 is 27.5 Å². The number of methoxy groups -OCH3 is 1. The number of ether oxygens (including phenoxy) is 3. The maximum atomic E-state index is 13.4. The molecule has 0 radical (unpaired) electrons. The van der Waals surface area contributed by atoms with E-state index < -0.39 is 16.1 Å². The zero-order valence-electron chi connectivity index (χ0n) is 22.6. The minimum Gasteiger partial charge on any atom is -0.497 e. The second-order valence-electron chi connectivity index (χ2n) is 9.34. The monoisotopic (exact) mass is 547 g/mol. The summed E-state index contributed by atoms with van der Waals surface area (Å²) >= 11 is 0. The Labute approximate surface area is 224 Å². The molecule has 38 heavy (non-hydrogen) atoms. The number of nitrogens with zero attached hydrogens (tertiary/aromatic N) is 2. The molecule has 0 saturated carbocycles. The fourth-order valence-corrected chi connectivity index (χ4v) is 4.98. The molecule has 0 saturated heterocycles. The Bertz CT molecular complexity index is 1220. The SMILES string of the molecule is CCC(C)NC(=O)C(C)N(Cc1ccc(OC)cc1)C(=O)CCCN(c1ccc2c(c1)OCO2)S(C)(=O)=O. The van der Waals surface area contributed by atoms with Gasteiger partial charge in [0.25, 0.3) is 0 Å². The van der Waals surface area contributed by atoms with Crippen LogP contribution in [0.15, 0.2) is 42.5 Å². The van der Waals surface area contributed by atoms with Crippen LogP contribution in [-0.4, -0.2) is 63.9 Å². The van der Waals surface area contributed by atoms with Gasteiger partial charge in [0.2, 0.25) is 28.6 Å². The summed E-state index contributed by atoms with van der Waals surface area (Å²) in [6, 6.07) is 11.5. The summed E-state index contributed by atoms with van der Waals surface area (Å²) in [5.41, 5.74) is 1.28. The molecule has 0 fully saturated rings. The first kappa shape index (κ1) is 29.1. The Morgan fingerprint density at radius 2 is 1.76 bits per heavy atom. The maximum absolute atomic E-state index is 13.4. The van der Waals surface area contributed by atoms with Gasteiger partial charge in [-0.2, -0.15) is 0 Å². The fraction of sp³-hybridized carbons (Fsp3) is 0.481. The second kappa shape index (κ2) is 12.9. The smallest absolute Gasteiger partial charge is 0.242 e. The number of rotatable bonds is 13. The van der Waals surface area contributed by atoms with Crippen molar-refractivity contribution in [1.29, 1.82) is 0 Å². The van der Waals surface area contributed by atoms with Crippen LogP contribution in [-0.2, 0) is 26.2 Å². The van der Waals surface area contributed by atoms with Crippen LogP contribution in [0.4, 0.5) is 5.69 Å². The topological polar surface area (TPSA) is 114 Å². The molecule has 2 aromatic carbocycles. The van der Waals surface area contributed by atoms with Crippen molar-refractivity contribution in [2.45, 2.75) is 58.7 Å². The summed E-state index contributed by atoms with van der Waals surface area (Å²) < 4.78 is 42.3. The molecular formula is C27H37N3O7S. The van der Waals surface area contributed by atoms with Gasteiger partial charge < -0.3 is 24.4 Å². The molecule has 0 aliphatic carbocycles. The largest absolute Gasteiger partial charge is 0.497 e. The van der Waals surface area contributed by atoms with E-state index in [0.29, 0.717) is 22.9 Å². The van der Waals surface area contributed by atoms with E-state index in [1.54, 1.807) is 44.4 Å². The van der Waals surface area contributed by atoms with Crippen molar-refractivity contribution in [3.05, 3.63) is 48.0 Å². The van der Waals surface area contributed by atoms with E-state index in [1.165, 1.54) is 9.21 Å². The molecule has 11 heteroatoms. The first-order valence-corrected chi connectivity index (χ1v) is 14.5. The van der Waals surface area contributed by atoms with E-state index >= 15 is 0 Å². The van der Waals surface area contributed by atoms with Crippen LogP contribution >= 0.6 is 0 Å². The number of nitrogens with one attached hydrogen (secondary N) is 1. The second-order valence-corrected chi connectivity index (χ2v) is 11.2. The lowest BCUT2D eigenvalue weighted by atomic mass is 10.1. The first-order chi connectivity index (χ1) is 18.0. The van der Waals surface area contributed by atoms with Crippen LogP contribution in [0.3, 0.4) is 0 Å². The first-order valence-electron chi connectivity index (χ1n) is 12.6. The Kier molecular flexibility index (Phi) is 9.84. The zero-order valence-corrected chi connectivity index (χ0v) is 23.4. The summed E-state index contributed by atoms with van der Waals surface area (Å²) in [5, 5.41) is 2.94. The van der Waals surface area contributed by atoms with Gasteiger partial charge in [-0.15, -0.1) is 0 Å². The van der Waals surface area contributed by atoms with Crippen LogP contribution in [0.2, 0.25) is 0 Å². The number of anilines is 1. The van der Waals surface area contributed by atoms with Crippen molar-refractivity contribution in [2.75, 3.05) is 31.0 Å². The van der Waals surface area contributed by atoms with E-state index in [1.807, 2.05) is 26.0 Å². The molecule has 0 bridgehead atoms. The minimum absolute atomic E-state index is 0.0205. The van der Waals surface area contributed by atoms with Gasteiger partial charge in [0.1, 0.15) is 11.8 Å². The summed E-state index contributed by atoms with van der Waals surface area (Å²) in [4.78, 5) is 27.8. The summed E-state index contributed by atoms with van der Waals surface area (Å²) in [6.45, 7) is 6.00. The minimum atomic E-state index is -3.62. The Balaban J connectivity index is 1.73. The number of benzene rings is 2. The zero-order chi connectivity index (χ0) is 27.9. The van der Waals surface area contributed by atoms with Crippen molar-refractivity contribution < 1.29 is 32.2 Å². The quantitative estimate of drug-likeness (QED) is 0.409. The van der Waals surface area contributed by atoms with Crippen molar-refractivity contribution in [3.8, 4) is 17.2 Å². The Morgan fingerprint density at radius 3 is 2.39 bits per heavy atom. The number of hydrogen-bond donors (Lipinski definition) is 1. The number of hydrogen-bond acceptors (Lipinski definition) is 7. The molecular weight excluding hydrogens is 510 g/mol. The van der Waals surface area contributed by atoms with Crippen molar-refractivity contribution in [3.63, 3.8) is 0 Å². The molecule has 1 heterocycles. The number of sulfonamides is 1. The highest BCUT2D eigenvalue weighted by Crippen LogP contribution is 2.36.